The van der Waals surface area contributed by atoms with Gasteiger partial charge in [0.25, 0.3) is 0 Å². The molecular formula is C23H22ClN5OS. The number of hydrogen-bond acceptors (Lipinski definition) is 4. The summed E-state index contributed by atoms with van der Waals surface area (Å²) < 4.78 is 1.94. The highest BCUT2D eigenvalue weighted by atomic mass is 35.5. The fourth-order valence-electron chi connectivity index (χ4n) is 3.36. The van der Waals surface area contributed by atoms with Crippen LogP contribution in [0.15, 0.2) is 72.5 Å². The molecule has 0 saturated carbocycles. The van der Waals surface area contributed by atoms with E-state index in [9.17, 15) is 4.79 Å². The average Bonchev–Trinajstić information content (AvgIpc) is 3.38. The highest BCUT2D eigenvalue weighted by Crippen LogP contribution is 2.25. The Kier molecular flexibility index (Phi) is 6.74. The van der Waals surface area contributed by atoms with E-state index >= 15 is 0 Å². The van der Waals surface area contributed by atoms with Crippen LogP contribution in [0.1, 0.15) is 5.56 Å². The molecule has 1 amide bonds. The fourth-order valence-corrected chi connectivity index (χ4v) is 4.26. The second-order valence-electron chi connectivity index (χ2n) is 6.96. The molecule has 2 aromatic heterocycles. The minimum absolute atomic E-state index is 0.0361. The second kappa shape index (κ2) is 9.85. The number of hydrogen-bond donors (Lipinski definition) is 2. The van der Waals surface area contributed by atoms with Crippen molar-refractivity contribution in [3.63, 3.8) is 0 Å². The van der Waals surface area contributed by atoms with Crippen LogP contribution < -0.4 is 5.32 Å². The van der Waals surface area contributed by atoms with Crippen LogP contribution >= 0.6 is 23.4 Å². The molecule has 2 aromatic carbocycles. The number of halogens is 1. The van der Waals surface area contributed by atoms with Crippen LogP contribution in [0.25, 0.3) is 22.3 Å². The maximum Gasteiger partial charge on any atom is 0.230 e. The second-order valence-corrected chi connectivity index (χ2v) is 8.34. The lowest BCUT2D eigenvalue weighted by Gasteiger charge is -2.08. The number of carbonyl (C=O) groups excluding carboxylic acids is 1. The van der Waals surface area contributed by atoms with Crippen molar-refractivity contribution in [1.82, 2.24) is 25.1 Å². The third-order valence-electron chi connectivity index (χ3n) is 4.85. The Morgan fingerprint density at radius 1 is 1.19 bits per heavy atom. The highest BCUT2D eigenvalue weighted by Gasteiger charge is 2.15. The number of aromatic amines is 1. The molecule has 0 radical (unpaired) electrons. The van der Waals surface area contributed by atoms with Gasteiger partial charge in [-0.1, -0.05) is 47.6 Å². The summed E-state index contributed by atoms with van der Waals surface area (Å²) in [7, 11) is 0. The Morgan fingerprint density at radius 2 is 2.00 bits per heavy atom. The van der Waals surface area contributed by atoms with Crippen molar-refractivity contribution >= 4 is 40.2 Å². The molecule has 2 N–H and O–H groups in total. The number of benzene rings is 2. The number of para-hydroxylation sites is 1. The van der Waals surface area contributed by atoms with E-state index in [-0.39, 0.29) is 11.7 Å². The topological polar surface area (TPSA) is 75.6 Å². The number of nitrogens with zero attached hydrogens (tertiary/aromatic N) is 3. The molecule has 0 unspecified atom stereocenters. The van der Waals surface area contributed by atoms with Gasteiger partial charge in [0.15, 0.2) is 11.0 Å². The number of fused-ring (bicyclic) bond motifs is 1. The van der Waals surface area contributed by atoms with Gasteiger partial charge < -0.3 is 10.3 Å². The summed E-state index contributed by atoms with van der Waals surface area (Å²) in [5, 5.41) is 14.1. The molecule has 0 aliphatic heterocycles. The molecular weight excluding hydrogens is 430 g/mol. The van der Waals surface area contributed by atoms with Gasteiger partial charge in [0.1, 0.15) is 0 Å². The van der Waals surface area contributed by atoms with Crippen LogP contribution in [0, 0.1) is 0 Å². The van der Waals surface area contributed by atoms with Gasteiger partial charge in [-0.3, -0.25) is 9.36 Å². The van der Waals surface area contributed by atoms with Crippen LogP contribution in [0.2, 0.25) is 5.02 Å². The molecule has 0 aliphatic rings. The standard InChI is InChI=1S/C23H22ClN5OS/c1-2-13-29-22(16-7-9-18(24)10-8-16)27-28-23(29)31-15-21(30)25-12-11-17-14-26-20-6-4-3-5-19(17)20/h2-10,14,26H,1,11-13,15H2,(H,25,30). The first-order chi connectivity index (χ1) is 15.2. The molecule has 4 aromatic rings. The van der Waals surface area contributed by atoms with E-state index in [1.54, 1.807) is 6.08 Å². The van der Waals surface area contributed by atoms with Crippen molar-refractivity contribution < 1.29 is 4.79 Å². The smallest absolute Gasteiger partial charge is 0.230 e. The van der Waals surface area contributed by atoms with Crippen LogP contribution in [-0.4, -0.2) is 38.0 Å². The van der Waals surface area contributed by atoms with Crippen molar-refractivity contribution in [2.45, 2.75) is 18.1 Å². The predicted octanol–water partition coefficient (Wildman–Crippen LogP) is 4.72. The molecule has 0 fully saturated rings. The summed E-state index contributed by atoms with van der Waals surface area (Å²) in [4.78, 5) is 15.6. The average molecular weight is 452 g/mol. The number of thioether (sulfide) groups is 1. The van der Waals surface area contributed by atoms with E-state index in [4.69, 9.17) is 11.6 Å². The number of carbonyl (C=O) groups is 1. The Morgan fingerprint density at radius 3 is 2.81 bits per heavy atom. The number of amides is 1. The summed E-state index contributed by atoms with van der Waals surface area (Å²) in [6.45, 7) is 4.95. The van der Waals surface area contributed by atoms with Gasteiger partial charge in [0.05, 0.1) is 5.75 Å². The molecule has 0 aliphatic carbocycles. The Bertz CT molecular complexity index is 1200. The molecule has 0 bridgehead atoms. The number of nitrogens with one attached hydrogen (secondary N) is 2. The Labute approximate surface area is 189 Å². The van der Waals surface area contributed by atoms with Gasteiger partial charge in [-0.15, -0.1) is 16.8 Å². The monoisotopic (exact) mass is 451 g/mol. The zero-order chi connectivity index (χ0) is 21.6. The molecule has 31 heavy (non-hydrogen) atoms. The van der Waals surface area contributed by atoms with Crippen molar-refractivity contribution in [3.05, 3.63) is 78.0 Å². The highest BCUT2D eigenvalue weighted by molar-refractivity contribution is 7.99. The van der Waals surface area contributed by atoms with Crippen molar-refractivity contribution in [1.29, 1.82) is 0 Å². The van der Waals surface area contributed by atoms with Crippen molar-refractivity contribution in [2.75, 3.05) is 12.3 Å². The lowest BCUT2D eigenvalue weighted by atomic mass is 10.1. The lowest BCUT2D eigenvalue weighted by molar-refractivity contribution is -0.118. The van der Waals surface area contributed by atoms with Gasteiger partial charge in [-0.2, -0.15) is 0 Å². The van der Waals surface area contributed by atoms with E-state index in [2.05, 4.69) is 33.1 Å². The number of rotatable bonds is 9. The van der Waals surface area contributed by atoms with Crippen LogP contribution in [0.3, 0.4) is 0 Å². The first-order valence-electron chi connectivity index (χ1n) is 9.90. The van der Waals surface area contributed by atoms with E-state index in [0.29, 0.717) is 23.3 Å². The molecule has 0 atom stereocenters. The van der Waals surface area contributed by atoms with E-state index in [0.717, 1.165) is 23.3 Å². The molecule has 0 spiro atoms. The molecule has 8 heteroatoms. The fraction of sp³-hybridized carbons (Fsp3) is 0.174. The summed E-state index contributed by atoms with van der Waals surface area (Å²) in [5.74, 6) is 0.953. The summed E-state index contributed by atoms with van der Waals surface area (Å²) in [5.41, 5.74) is 3.22. The third-order valence-corrected chi connectivity index (χ3v) is 6.07. The maximum atomic E-state index is 12.4. The summed E-state index contributed by atoms with van der Waals surface area (Å²) >= 11 is 7.34. The van der Waals surface area contributed by atoms with Gasteiger partial charge in [-0.05, 0) is 42.3 Å². The normalized spacial score (nSPS) is 11.0. The number of allylic oxidation sites excluding steroid dienone is 1. The zero-order valence-corrected chi connectivity index (χ0v) is 18.4. The van der Waals surface area contributed by atoms with E-state index in [1.165, 1.54) is 22.7 Å². The quantitative estimate of drug-likeness (QED) is 0.285. The SMILES string of the molecule is C=CCn1c(SCC(=O)NCCc2c[nH]c3ccccc23)nnc1-c1ccc(Cl)cc1. The molecule has 0 saturated heterocycles. The largest absolute Gasteiger partial charge is 0.361 e. The van der Waals surface area contributed by atoms with Gasteiger partial charge in [0, 0.05) is 40.8 Å². The van der Waals surface area contributed by atoms with Gasteiger partial charge in [0.2, 0.25) is 5.91 Å². The maximum absolute atomic E-state index is 12.4. The number of aromatic nitrogens is 4. The number of H-pyrrole nitrogens is 1. The van der Waals surface area contributed by atoms with Crippen molar-refractivity contribution in [3.8, 4) is 11.4 Å². The van der Waals surface area contributed by atoms with Crippen LogP contribution in [0.5, 0.6) is 0 Å². The van der Waals surface area contributed by atoms with Crippen LogP contribution in [-0.2, 0) is 17.8 Å². The van der Waals surface area contributed by atoms with Gasteiger partial charge in [-0.25, -0.2) is 0 Å². The van der Waals surface area contributed by atoms with E-state index in [1.807, 2.05) is 53.2 Å². The predicted molar refractivity (Wildman–Crippen MR) is 126 cm³/mol. The summed E-state index contributed by atoms with van der Waals surface area (Å²) in [6.07, 6.45) is 4.56. The van der Waals surface area contributed by atoms with Gasteiger partial charge >= 0.3 is 0 Å². The molecule has 4 rings (SSSR count). The Balaban J connectivity index is 1.34. The Hall–Kier alpha value is -3.03. The zero-order valence-electron chi connectivity index (χ0n) is 16.8. The lowest BCUT2D eigenvalue weighted by Crippen LogP contribution is -2.27. The first kappa shape index (κ1) is 21.2. The third kappa shape index (κ3) is 5.00. The van der Waals surface area contributed by atoms with Crippen molar-refractivity contribution in [2.24, 2.45) is 0 Å². The minimum Gasteiger partial charge on any atom is -0.361 e. The van der Waals surface area contributed by atoms with E-state index < -0.39 is 0 Å². The molecule has 158 valence electrons. The first-order valence-corrected chi connectivity index (χ1v) is 11.3. The summed E-state index contributed by atoms with van der Waals surface area (Å²) in [6, 6.07) is 15.6. The van der Waals surface area contributed by atoms with Crippen LogP contribution in [0.4, 0.5) is 0 Å². The molecule has 2 heterocycles. The minimum atomic E-state index is -0.0361. The molecule has 6 nitrogen and oxygen atoms in total.